The fourth-order valence-corrected chi connectivity index (χ4v) is 2.50. The first-order chi connectivity index (χ1) is 7.24. The van der Waals surface area contributed by atoms with E-state index in [0.29, 0.717) is 6.04 Å². The Bertz CT molecular complexity index is 330. The number of thiazole rings is 1. The summed E-state index contributed by atoms with van der Waals surface area (Å²) in [4.78, 5) is 4.31. The van der Waals surface area contributed by atoms with Crippen LogP contribution in [-0.4, -0.2) is 11.5 Å². The molecule has 1 aromatic rings. The zero-order chi connectivity index (χ0) is 11.1. The summed E-state index contributed by atoms with van der Waals surface area (Å²) in [6, 6.07) is 0.326. The number of nitrogens with zero attached hydrogens (tertiary/aromatic N) is 1. The van der Waals surface area contributed by atoms with Gasteiger partial charge >= 0.3 is 0 Å². The van der Waals surface area contributed by atoms with Crippen molar-refractivity contribution in [2.24, 2.45) is 0 Å². The molecule has 4 heteroatoms. The largest absolute Gasteiger partial charge is 0.308 e. The molecule has 0 saturated heterocycles. The van der Waals surface area contributed by atoms with E-state index < -0.39 is 0 Å². The molecule has 1 unspecified atom stereocenters. The van der Waals surface area contributed by atoms with Gasteiger partial charge in [0, 0.05) is 6.42 Å². The fourth-order valence-electron chi connectivity index (χ4n) is 1.23. The average molecular weight is 287 g/mol. The Morgan fingerprint density at radius 2 is 2.47 bits per heavy atom. The third kappa shape index (κ3) is 4.78. The molecule has 82 valence electrons. The van der Waals surface area contributed by atoms with Gasteiger partial charge in [0.25, 0.3) is 0 Å². The van der Waals surface area contributed by atoms with E-state index in [1.54, 1.807) is 11.3 Å². The first-order valence-electron chi connectivity index (χ1n) is 5.02. The standard InChI is InChI=1S/C11H15BrN2S/c1-3-4-5-6-7-13-9(2)11-14-8-10(12)15-11/h1,8-9,13H,4-7H2,2H3. The lowest BCUT2D eigenvalue weighted by Gasteiger charge is -2.09. The van der Waals surface area contributed by atoms with Gasteiger partial charge in [-0.2, -0.15) is 0 Å². The van der Waals surface area contributed by atoms with Gasteiger partial charge in [0.1, 0.15) is 5.01 Å². The number of halogens is 1. The Morgan fingerprint density at radius 1 is 1.67 bits per heavy atom. The van der Waals surface area contributed by atoms with Crippen LogP contribution in [0.4, 0.5) is 0 Å². The summed E-state index contributed by atoms with van der Waals surface area (Å²) in [5.74, 6) is 2.65. The summed E-state index contributed by atoms with van der Waals surface area (Å²) < 4.78 is 1.08. The van der Waals surface area contributed by atoms with Crippen LogP contribution in [0.2, 0.25) is 0 Å². The summed E-state index contributed by atoms with van der Waals surface area (Å²) in [7, 11) is 0. The van der Waals surface area contributed by atoms with Crippen molar-refractivity contribution in [1.29, 1.82) is 0 Å². The van der Waals surface area contributed by atoms with Gasteiger partial charge in [-0.25, -0.2) is 4.98 Å². The molecule has 0 aliphatic heterocycles. The minimum atomic E-state index is 0.326. The molecule has 0 spiro atoms. The van der Waals surface area contributed by atoms with E-state index in [4.69, 9.17) is 6.42 Å². The molecule has 0 bridgehead atoms. The average Bonchev–Trinajstić information content (AvgIpc) is 2.64. The maximum atomic E-state index is 5.18. The SMILES string of the molecule is C#CCCCCNC(C)c1ncc(Br)s1. The van der Waals surface area contributed by atoms with Gasteiger partial charge in [-0.3, -0.25) is 0 Å². The van der Waals surface area contributed by atoms with Crippen molar-refractivity contribution in [3.63, 3.8) is 0 Å². The second-order valence-electron chi connectivity index (χ2n) is 3.34. The number of nitrogens with one attached hydrogen (secondary N) is 1. The molecule has 1 heterocycles. The molecule has 0 radical (unpaired) electrons. The van der Waals surface area contributed by atoms with Gasteiger partial charge in [-0.1, -0.05) is 0 Å². The highest BCUT2D eigenvalue weighted by molar-refractivity contribution is 9.11. The molecule has 0 aliphatic rings. The minimum Gasteiger partial charge on any atom is -0.308 e. The van der Waals surface area contributed by atoms with Crippen LogP contribution in [0.3, 0.4) is 0 Å². The lowest BCUT2D eigenvalue weighted by molar-refractivity contribution is 0.547. The maximum absolute atomic E-state index is 5.18. The summed E-state index contributed by atoms with van der Waals surface area (Å²) in [5, 5.41) is 4.55. The van der Waals surface area contributed by atoms with Crippen molar-refractivity contribution in [2.75, 3.05) is 6.54 Å². The minimum absolute atomic E-state index is 0.326. The number of hydrogen-bond donors (Lipinski definition) is 1. The molecule has 1 N–H and O–H groups in total. The Kier molecular flexibility index (Phi) is 5.92. The normalized spacial score (nSPS) is 12.3. The van der Waals surface area contributed by atoms with Crippen LogP contribution in [0, 0.1) is 12.3 Å². The summed E-state index contributed by atoms with van der Waals surface area (Å²) in [5.41, 5.74) is 0. The van der Waals surface area contributed by atoms with Crippen LogP contribution in [-0.2, 0) is 0 Å². The molecule has 1 aromatic heterocycles. The van der Waals surface area contributed by atoms with Crippen molar-refractivity contribution in [3.05, 3.63) is 15.0 Å². The van der Waals surface area contributed by atoms with E-state index >= 15 is 0 Å². The third-order valence-electron chi connectivity index (χ3n) is 2.06. The second-order valence-corrected chi connectivity index (χ2v) is 5.78. The lowest BCUT2D eigenvalue weighted by Crippen LogP contribution is -2.19. The molecule has 0 saturated carbocycles. The predicted octanol–water partition coefficient (Wildman–Crippen LogP) is 3.36. The molecular formula is C11H15BrN2S. The molecule has 0 aromatic carbocycles. The quantitative estimate of drug-likeness (QED) is 0.641. The molecule has 0 aliphatic carbocycles. The second kappa shape index (κ2) is 7.00. The van der Waals surface area contributed by atoms with Gasteiger partial charge in [0.2, 0.25) is 0 Å². The topological polar surface area (TPSA) is 24.9 Å². The van der Waals surface area contributed by atoms with Gasteiger partial charge in [0.05, 0.1) is 16.0 Å². The molecule has 1 atom stereocenters. The first kappa shape index (κ1) is 12.7. The molecule has 15 heavy (non-hydrogen) atoms. The van der Waals surface area contributed by atoms with E-state index in [1.165, 1.54) is 0 Å². The Morgan fingerprint density at radius 3 is 3.07 bits per heavy atom. The predicted molar refractivity (Wildman–Crippen MR) is 68.9 cm³/mol. The molecule has 0 amide bonds. The monoisotopic (exact) mass is 286 g/mol. The molecule has 1 rings (SSSR count). The highest BCUT2D eigenvalue weighted by Crippen LogP contribution is 2.23. The van der Waals surface area contributed by atoms with Gasteiger partial charge < -0.3 is 5.32 Å². The highest BCUT2D eigenvalue weighted by atomic mass is 79.9. The van der Waals surface area contributed by atoms with Gasteiger partial charge in [-0.05, 0) is 42.2 Å². The zero-order valence-electron chi connectivity index (χ0n) is 8.79. The highest BCUT2D eigenvalue weighted by Gasteiger charge is 2.08. The van der Waals surface area contributed by atoms with Gasteiger partial charge in [0.15, 0.2) is 0 Å². The number of rotatable bonds is 6. The van der Waals surface area contributed by atoms with E-state index in [-0.39, 0.29) is 0 Å². The third-order valence-corrected chi connectivity index (χ3v) is 3.72. The zero-order valence-corrected chi connectivity index (χ0v) is 11.2. The van der Waals surface area contributed by atoms with E-state index in [9.17, 15) is 0 Å². The van der Waals surface area contributed by atoms with Crippen LogP contribution < -0.4 is 5.32 Å². The Labute approximate surface area is 104 Å². The van der Waals surface area contributed by atoms with Crippen LogP contribution >= 0.6 is 27.3 Å². The summed E-state index contributed by atoms with van der Waals surface area (Å²) >= 11 is 5.08. The summed E-state index contributed by atoms with van der Waals surface area (Å²) in [6.07, 6.45) is 10.1. The van der Waals surface area contributed by atoms with Crippen LogP contribution in [0.15, 0.2) is 9.98 Å². The van der Waals surface area contributed by atoms with E-state index in [0.717, 1.165) is 34.6 Å². The molecule has 2 nitrogen and oxygen atoms in total. The molecule has 0 fully saturated rings. The van der Waals surface area contributed by atoms with Crippen molar-refractivity contribution < 1.29 is 0 Å². The van der Waals surface area contributed by atoms with Gasteiger partial charge in [-0.15, -0.1) is 23.7 Å². The maximum Gasteiger partial charge on any atom is 0.110 e. The van der Waals surface area contributed by atoms with Crippen molar-refractivity contribution in [3.8, 4) is 12.3 Å². The number of aromatic nitrogens is 1. The van der Waals surface area contributed by atoms with Crippen molar-refractivity contribution in [1.82, 2.24) is 10.3 Å². The number of unbranched alkanes of at least 4 members (excludes halogenated alkanes) is 2. The Balaban J connectivity index is 2.19. The first-order valence-corrected chi connectivity index (χ1v) is 6.63. The fraction of sp³-hybridized carbons (Fsp3) is 0.545. The number of terminal acetylenes is 1. The summed E-state index contributed by atoms with van der Waals surface area (Å²) in [6.45, 7) is 3.13. The Hall–Kier alpha value is -0.370. The number of hydrogen-bond acceptors (Lipinski definition) is 3. The van der Waals surface area contributed by atoms with Crippen LogP contribution in [0.25, 0.3) is 0 Å². The van der Waals surface area contributed by atoms with Crippen molar-refractivity contribution >= 4 is 27.3 Å². The van der Waals surface area contributed by atoms with Crippen LogP contribution in [0.1, 0.15) is 37.2 Å². The molecular weight excluding hydrogens is 272 g/mol. The van der Waals surface area contributed by atoms with Crippen LogP contribution in [0.5, 0.6) is 0 Å². The lowest BCUT2D eigenvalue weighted by atomic mass is 10.2. The van der Waals surface area contributed by atoms with E-state index in [2.05, 4.69) is 39.1 Å². The van der Waals surface area contributed by atoms with E-state index in [1.807, 2.05) is 6.20 Å². The smallest absolute Gasteiger partial charge is 0.110 e. The van der Waals surface area contributed by atoms with Crippen molar-refractivity contribution in [2.45, 2.75) is 32.2 Å².